The molecule has 2 rings (SSSR count). The standard InChI is InChI=1S/C17H13N3O7/c1-10(21)12-4-2-11(3-5-12)8-18-9-16(22)14-6-13(19(24)25)7-15(17(14)23)20(26)27/h2-8,23H,9H2,1H3. The summed E-state index contributed by atoms with van der Waals surface area (Å²) >= 11 is 0. The molecule has 0 spiro atoms. The summed E-state index contributed by atoms with van der Waals surface area (Å²) in [5.74, 6) is -1.87. The Labute approximate surface area is 152 Å². The van der Waals surface area contributed by atoms with Gasteiger partial charge in [-0.1, -0.05) is 24.3 Å². The Morgan fingerprint density at radius 2 is 1.74 bits per heavy atom. The van der Waals surface area contributed by atoms with Crippen LogP contribution in [-0.4, -0.2) is 39.3 Å². The molecular weight excluding hydrogens is 358 g/mol. The van der Waals surface area contributed by atoms with Gasteiger partial charge < -0.3 is 5.11 Å². The van der Waals surface area contributed by atoms with Crippen LogP contribution in [-0.2, 0) is 0 Å². The third-order valence-electron chi connectivity index (χ3n) is 3.57. The fourth-order valence-electron chi connectivity index (χ4n) is 2.18. The van der Waals surface area contributed by atoms with Crippen molar-refractivity contribution in [3.8, 4) is 5.75 Å². The molecule has 0 saturated heterocycles. The second-order valence-corrected chi connectivity index (χ2v) is 5.45. The fourth-order valence-corrected chi connectivity index (χ4v) is 2.18. The molecule has 0 aromatic heterocycles. The summed E-state index contributed by atoms with van der Waals surface area (Å²) in [5, 5.41) is 31.6. The lowest BCUT2D eigenvalue weighted by Gasteiger charge is -2.03. The summed E-state index contributed by atoms with van der Waals surface area (Å²) in [6, 6.07) is 7.73. The zero-order valence-corrected chi connectivity index (χ0v) is 14.0. The van der Waals surface area contributed by atoms with Gasteiger partial charge in [0.25, 0.3) is 5.69 Å². The number of Topliss-reactive ketones (excluding diaryl/α,β-unsaturated/α-hetero) is 2. The molecule has 27 heavy (non-hydrogen) atoms. The van der Waals surface area contributed by atoms with Gasteiger partial charge >= 0.3 is 5.69 Å². The average Bonchev–Trinajstić information content (AvgIpc) is 2.61. The molecule has 0 heterocycles. The van der Waals surface area contributed by atoms with E-state index in [-0.39, 0.29) is 5.78 Å². The molecule has 0 fully saturated rings. The average molecular weight is 371 g/mol. The fraction of sp³-hybridized carbons (Fsp3) is 0.118. The Morgan fingerprint density at radius 3 is 2.26 bits per heavy atom. The molecular formula is C17H13N3O7. The van der Waals surface area contributed by atoms with Gasteiger partial charge in [0, 0.05) is 17.8 Å². The largest absolute Gasteiger partial charge is 0.502 e. The number of rotatable bonds is 7. The number of nitrogens with zero attached hydrogens (tertiary/aromatic N) is 3. The van der Waals surface area contributed by atoms with E-state index in [0.29, 0.717) is 17.2 Å². The van der Waals surface area contributed by atoms with E-state index in [1.165, 1.54) is 13.1 Å². The molecule has 0 aliphatic heterocycles. The Bertz CT molecular complexity index is 965. The maximum atomic E-state index is 12.2. The lowest BCUT2D eigenvalue weighted by molar-refractivity contribution is -0.394. The summed E-state index contributed by atoms with van der Waals surface area (Å²) in [6.07, 6.45) is 1.34. The van der Waals surface area contributed by atoms with Crippen LogP contribution in [0.5, 0.6) is 5.75 Å². The van der Waals surface area contributed by atoms with Gasteiger partial charge in [-0.25, -0.2) is 0 Å². The number of benzene rings is 2. The molecule has 2 aromatic rings. The van der Waals surface area contributed by atoms with Crippen molar-refractivity contribution in [3.63, 3.8) is 0 Å². The van der Waals surface area contributed by atoms with Crippen molar-refractivity contribution < 1.29 is 24.5 Å². The van der Waals surface area contributed by atoms with Crippen LogP contribution in [0, 0.1) is 20.2 Å². The molecule has 0 aliphatic carbocycles. The predicted octanol–water partition coefficient (Wildman–Crippen LogP) is 2.71. The van der Waals surface area contributed by atoms with Gasteiger partial charge in [0.05, 0.1) is 21.5 Å². The van der Waals surface area contributed by atoms with Gasteiger partial charge in [0.2, 0.25) is 5.75 Å². The van der Waals surface area contributed by atoms with Crippen molar-refractivity contribution in [2.24, 2.45) is 4.99 Å². The first-order valence-electron chi connectivity index (χ1n) is 7.50. The van der Waals surface area contributed by atoms with Crippen molar-refractivity contribution >= 4 is 29.2 Å². The van der Waals surface area contributed by atoms with Crippen molar-refractivity contribution in [1.29, 1.82) is 0 Å². The Balaban J connectivity index is 2.23. The van der Waals surface area contributed by atoms with Crippen LogP contribution in [0.4, 0.5) is 11.4 Å². The molecule has 0 unspecified atom stereocenters. The number of aliphatic imine (C=N–C) groups is 1. The number of phenolic OH excluding ortho intramolecular Hbond substituents is 1. The highest BCUT2D eigenvalue weighted by atomic mass is 16.6. The Kier molecular flexibility index (Phi) is 5.71. The van der Waals surface area contributed by atoms with E-state index in [2.05, 4.69) is 4.99 Å². The van der Waals surface area contributed by atoms with E-state index in [9.17, 15) is 34.9 Å². The summed E-state index contributed by atoms with van der Waals surface area (Å²) in [7, 11) is 0. The van der Waals surface area contributed by atoms with Crippen LogP contribution in [0.15, 0.2) is 41.4 Å². The summed E-state index contributed by atoms with van der Waals surface area (Å²) in [5.41, 5.74) is -1.07. The van der Waals surface area contributed by atoms with Crippen LogP contribution in [0.2, 0.25) is 0 Å². The highest BCUT2D eigenvalue weighted by Crippen LogP contribution is 2.34. The molecule has 10 nitrogen and oxygen atoms in total. The summed E-state index contributed by atoms with van der Waals surface area (Å²) in [6.45, 7) is 0.937. The first-order valence-corrected chi connectivity index (χ1v) is 7.50. The first kappa shape index (κ1) is 19.4. The highest BCUT2D eigenvalue weighted by Gasteiger charge is 2.26. The summed E-state index contributed by atoms with van der Waals surface area (Å²) in [4.78, 5) is 47.1. The van der Waals surface area contributed by atoms with Crippen LogP contribution in [0.3, 0.4) is 0 Å². The van der Waals surface area contributed by atoms with Gasteiger partial charge in [-0.15, -0.1) is 0 Å². The number of ketones is 2. The highest BCUT2D eigenvalue weighted by molar-refractivity contribution is 6.02. The SMILES string of the molecule is CC(=O)c1ccc(C=NCC(=O)c2cc([N+](=O)[O-])cc([N+](=O)[O-])c2O)cc1. The molecule has 0 aliphatic rings. The number of nitro groups is 2. The van der Waals surface area contributed by atoms with Crippen LogP contribution in [0.1, 0.15) is 33.2 Å². The van der Waals surface area contributed by atoms with Crippen molar-refractivity contribution in [1.82, 2.24) is 0 Å². The monoisotopic (exact) mass is 371 g/mol. The van der Waals surface area contributed by atoms with Gasteiger partial charge in [-0.2, -0.15) is 0 Å². The number of carbonyl (C=O) groups is 2. The molecule has 0 amide bonds. The van der Waals surface area contributed by atoms with E-state index in [0.717, 1.165) is 6.07 Å². The lowest BCUT2D eigenvalue weighted by atomic mass is 10.1. The Hall–Kier alpha value is -3.95. The maximum absolute atomic E-state index is 12.2. The molecule has 0 bridgehead atoms. The van der Waals surface area contributed by atoms with Crippen LogP contribution in [0.25, 0.3) is 0 Å². The van der Waals surface area contributed by atoms with Gasteiger partial charge in [-0.05, 0) is 12.5 Å². The lowest BCUT2D eigenvalue weighted by Crippen LogP contribution is -2.06. The van der Waals surface area contributed by atoms with Crippen LogP contribution >= 0.6 is 0 Å². The number of aromatic hydroxyl groups is 1. The minimum atomic E-state index is -1.01. The minimum Gasteiger partial charge on any atom is -0.502 e. The van der Waals surface area contributed by atoms with Gasteiger partial charge in [-0.3, -0.25) is 34.8 Å². The zero-order valence-electron chi connectivity index (χ0n) is 14.0. The molecule has 0 saturated carbocycles. The van der Waals surface area contributed by atoms with E-state index >= 15 is 0 Å². The quantitative estimate of drug-likeness (QED) is 0.340. The smallest absolute Gasteiger partial charge is 0.318 e. The second kappa shape index (κ2) is 7.95. The molecule has 10 heteroatoms. The van der Waals surface area contributed by atoms with E-state index in [4.69, 9.17) is 0 Å². The molecule has 2 aromatic carbocycles. The number of hydrogen-bond acceptors (Lipinski definition) is 8. The van der Waals surface area contributed by atoms with Crippen molar-refractivity contribution in [2.75, 3.05) is 6.54 Å². The van der Waals surface area contributed by atoms with E-state index < -0.39 is 44.9 Å². The third kappa shape index (κ3) is 4.57. The predicted molar refractivity (Wildman–Crippen MR) is 94.7 cm³/mol. The van der Waals surface area contributed by atoms with Crippen LogP contribution < -0.4 is 0 Å². The molecule has 0 atom stereocenters. The zero-order chi connectivity index (χ0) is 20.1. The molecule has 0 radical (unpaired) electrons. The first-order chi connectivity index (χ1) is 12.7. The third-order valence-corrected chi connectivity index (χ3v) is 3.57. The number of phenols is 1. The second-order valence-electron chi connectivity index (χ2n) is 5.45. The number of carbonyl (C=O) groups excluding carboxylic acids is 2. The molecule has 138 valence electrons. The van der Waals surface area contributed by atoms with Gasteiger partial charge in [0.15, 0.2) is 11.6 Å². The topological polar surface area (TPSA) is 153 Å². The molecule has 1 N–H and O–H groups in total. The number of nitro benzene ring substituents is 2. The van der Waals surface area contributed by atoms with Crippen molar-refractivity contribution in [3.05, 3.63) is 73.3 Å². The van der Waals surface area contributed by atoms with E-state index in [1.54, 1.807) is 24.3 Å². The normalized spacial score (nSPS) is 10.7. The van der Waals surface area contributed by atoms with E-state index in [1.807, 2.05) is 0 Å². The van der Waals surface area contributed by atoms with Gasteiger partial charge in [0.1, 0.15) is 6.54 Å². The number of hydrogen-bond donors (Lipinski definition) is 1. The van der Waals surface area contributed by atoms with Crippen molar-refractivity contribution in [2.45, 2.75) is 6.92 Å². The maximum Gasteiger partial charge on any atom is 0.318 e. The number of non-ortho nitro benzene ring substituents is 1. The Morgan fingerprint density at radius 1 is 1.11 bits per heavy atom. The summed E-state index contributed by atoms with van der Waals surface area (Å²) < 4.78 is 0. The minimum absolute atomic E-state index is 0.101.